The van der Waals surface area contributed by atoms with Crippen LogP contribution in [0.25, 0.3) is 0 Å². The number of carbonyl (C=O) groups excluding carboxylic acids is 1. The molecule has 0 radical (unpaired) electrons. The highest BCUT2D eigenvalue weighted by atomic mass is 79.9. The largest absolute Gasteiger partial charge is 0.356 e. The minimum Gasteiger partial charge on any atom is -0.356 e. The third-order valence-electron chi connectivity index (χ3n) is 5.31. The van der Waals surface area contributed by atoms with Gasteiger partial charge in [0.05, 0.1) is 28.0 Å². The van der Waals surface area contributed by atoms with Crippen molar-refractivity contribution in [3.63, 3.8) is 0 Å². The molecule has 29 heavy (non-hydrogen) atoms. The molecular formula is C18H27BrN6O3S. The van der Waals surface area contributed by atoms with Gasteiger partial charge in [-0.3, -0.25) is 14.2 Å². The van der Waals surface area contributed by atoms with Crippen molar-refractivity contribution in [3.8, 4) is 0 Å². The number of nitrogens with one attached hydrogen (secondary N) is 1. The first-order valence-corrected chi connectivity index (χ1v) is 11.9. The van der Waals surface area contributed by atoms with E-state index in [-0.39, 0.29) is 23.3 Å². The van der Waals surface area contributed by atoms with E-state index in [1.54, 1.807) is 18.7 Å². The van der Waals surface area contributed by atoms with Crippen LogP contribution in [0, 0.1) is 19.8 Å². The first-order valence-electron chi connectivity index (χ1n) is 9.66. The van der Waals surface area contributed by atoms with Gasteiger partial charge in [-0.1, -0.05) is 0 Å². The Morgan fingerprint density at radius 1 is 1.38 bits per heavy atom. The number of halogens is 1. The zero-order valence-electron chi connectivity index (χ0n) is 16.9. The highest BCUT2D eigenvalue weighted by molar-refractivity contribution is 9.10. The highest BCUT2D eigenvalue weighted by Gasteiger charge is 2.34. The normalized spacial score (nSPS) is 18.1. The molecule has 1 saturated heterocycles. The Morgan fingerprint density at radius 3 is 2.76 bits per heavy atom. The number of aromatic nitrogens is 4. The lowest BCUT2D eigenvalue weighted by molar-refractivity contribution is -0.126. The maximum Gasteiger partial charge on any atom is 0.246 e. The molecule has 1 atom stereocenters. The molecule has 1 aliphatic rings. The van der Waals surface area contributed by atoms with Crippen LogP contribution in [0.3, 0.4) is 0 Å². The average molecular weight is 487 g/mol. The van der Waals surface area contributed by atoms with E-state index >= 15 is 0 Å². The molecule has 0 saturated carbocycles. The second kappa shape index (κ2) is 8.97. The smallest absolute Gasteiger partial charge is 0.246 e. The second-order valence-corrected chi connectivity index (χ2v) is 10.2. The molecule has 3 rings (SSSR count). The van der Waals surface area contributed by atoms with Crippen LogP contribution in [0.2, 0.25) is 0 Å². The topological polar surface area (TPSA) is 102 Å². The number of hydrogen-bond donors (Lipinski definition) is 1. The number of rotatable bonds is 7. The van der Waals surface area contributed by atoms with Gasteiger partial charge >= 0.3 is 0 Å². The van der Waals surface area contributed by atoms with Crippen molar-refractivity contribution in [2.45, 2.75) is 44.6 Å². The molecule has 1 aliphatic heterocycles. The summed E-state index contributed by atoms with van der Waals surface area (Å²) in [6, 6.07) is 0. The van der Waals surface area contributed by atoms with E-state index in [4.69, 9.17) is 0 Å². The number of amides is 1. The Morgan fingerprint density at radius 2 is 2.14 bits per heavy atom. The predicted molar refractivity (Wildman–Crippen MR) is 112 cm³/mol. The van der Waals surface area contributed by atoms with Gasteiger partial charge in [0, 0.05) is 39.4 Å². The van der Waals surface area contributed by atoms with Crippen molar-refractivity contribution >= 4 is 31.9 Å². The van der Waals surface area contributed by atoms with Crippen LogP contribution in [-0.2, 0) is 28.4 Å². The summed E-state index contributed by atoms with van der Waals surface area (Å²) in [4.78, 5) is 12.8. The van der Waals surface area contributed by atoms with Gasteiger partial charge in [0.25, 0.3) is 0 Å². The summed E-state index contributed by atoms with van der Waals surface area (Å²) in [7, 11) is -1.93. The minimum absolute atomic E-state index is 0.0920. The van der Waals surface area contributed by atoms with Crippen molar-refractivity contribution in [3.05, 3.63) is 28.3 Å². The predicted octanol–water partition coefficient (Wildman–Crippen LogP) is 1.60. The fourth-order valence-electron chi connectivity index (χ4n) is 3.45. The third-order valence-corrected chi connectivity index (χ3v) is 8.06. The lowest BCUT2D eigenvalue weighted by Crippen LogP contribution is -2.45. The van der Waals surface area contributed by atoms with Gasteiger partial charge in [-0.05, 0) is 49.0 Å². The number of nitrogens with zero attached hydrogens (tertiary/aromatic N) is 5. The number of sulfonamides is 1. The standard InChI is InChI=1S/C18H27BrN6O3S/c1-13-16(19)12-24(22-13)8-5-7-20-18(26)15-6-4-9-25(11-15)29(27,28)17-10-21-23(3)14(17)2/h10,12,15H,4-9,11H2,1-3H3,(H,20,26)/t15-/m1/s1. The van der Waals surface area contributed by atoms with Gasteiger partial charge in [0.1, 0.15) is 4.90 Å². The number of hydrogen-bond acceptors (Lipinski definition) is 5. The minimum atomic E-state index is -3.65. The summed E-state index contributed by atoms with van der Waals surface area (Å²) in [5.74, 6) is -0.428. The molecule has 0 bridgehead atoms. The molecule has 11 heteroatoms. The van der Waals surface area contributed by atoms with Crippen LogP contribution in [0.5, 0.6) is 0 Å². The Balaban J connectivity index is 1.53. The number of aryl methyl sites for hydroxylation is 3. The molecule has 2 aromatic rings. The summed E-state index contributed by atoms with van der Waals surface area (Å²) >= 11 is 3.43. The van der Waals surface area contributed by atoms with Gasteiger partial charge in [-0.25, -0.2) is 8.42 Å². The van der Waals surface area contributed by atoms with Crippen molar-refractivity contribution in [1.82, 2.24) is 29.2 Å². The Bertz CT molecular complexity index is 964. The molecule has 0 unspecified atom stereocenters. The highest BCUT2D eigenvalue weighted by Crippen LogP contribution is 2.25. The van der Waals surface area contributed by atoms with Crippen molar-refractivity contribution in [1.29, 1.82) is 0 Å². The molecule has 2 aromatic heterocycles. The summed E-state index contributed by atoms with van der Waals surface area (Å²) in [6.07, 6.45) is 5.40. The number of piperidine rings is 1. The fraction of sp³-hybridized carbons (Fsp3) is 0.611. The molecule has 1 N–H and O–H groups in total. The number of carbonyl (C=O) groups is 1. The molecule has 160 valence electrons. The van der Waals surface area contributed by atoms with Crippen LogP contribution in [0.4, 0.5) is 0 Å². The average Bonchev–Trinajstić information content (AvgIpc) is 3.20. The van der Waals surface area contributed by atoms with Crippen LogP contribution in [0.15, 0.2) is 21.8 Å². The summed E-state index contributed by atoms with van der Waals surface area (Å²) < 4.78 is 31.7. The van der Waals surface area contributed by atoms with E-state index in [0.29, 0.717) is 38.2 Å². The zero-order valence-corrected chi connectivity index (χ0v) is 19.3. The van der Waals surface area contributed by atoms with Gasteiger partial charge in [-0.2, -0.15) is 14.5 Å². The van der Waals surface area contributed by atoms with Crippen molar-refractivity contribution in [2.75, 3.05) is 19.6 Å². The van der Waals surface area contributed by atoms with Crippen LogP contribution in [0.1, 0.15) is 30.7 Å². The second-order valence-electron chi connectivity index (χ2n) is 7.39. The van der Waals surface area contributed by atoms with Gasteiger partial charge in [0.2, 0.25) is 15.9 Å². The van der Waals surface area contributed by atoms with Crippen molar-refractivity contribution < 1.29 is 13.2 Å². The van der Waals surface area contributed by atoms with Crippen LogP contribution < -0.4 is 5.32 Å². The van der Waals surface area contributed by atoms with Gasteiger partial charge in [0.15, 0.2) is 0 Å². The maximum absolute atomic E-state index is 13.0. The van der Waals surface area contributed by atoms with E-state index < -0.39 is 10.0 Å². The summed E-state index contributed by atoms with van der Waals surface area (Å²) in [6.45, 7) is 5.52. The first-order chi connectivity index (χ1) is 13.7. The molecule has 3 heterocycles. The zero-order chi connectivity index (χ0) is 21.2. The van der Waals surface area contributed by atoms with E-state index in [9.17, 15) is 13.2 Å². The molecular weight excluding hydrogens is 460 g/mol. The van der Waals surface area contributed by atoms with Crippen LogP contribution >= 0.6 is 15.9 Å². The lowest BCUT2D eigenvalue weighted by Gasteiger charge is -2.31. The molecule has 1 fully saturated rings. The van der Waals surface area contributed by atoms with Crippen LogP contribution in [-0.4, -0.2) is 57.8 Å². The SMILES string of the molecule is Cc1nn(CCCNC(=O)[C@@H]2CCCN(S(=O)(=O)c3cnn(C)c3C)C2)cc1Br. The Hall–Kier alpha value is -1.72. The molecule has 9 nitrogen and oxygen atoms in total. The molecule has 0 aliphatic carbocycles. The lowest BCUT2D eigenvalue weighted by atomic mass is 9.99. The Labute approximate surface area is 179 Å². The third kappa shape index (κ3) is 4.89. The molecule has 1 amide bonds. The van der Waals surface area contributed by atoms with Gasteiger partial charge < -0.3 is 5.32 Å². The fourth-order valence-corrected chi connectivity index (χ4v) is 5.48. The van der Waals surface area contributed by atoms with Crippen molar-refractivity contribution in [2.24, 2.45) is 13.0 Å². The van der Waals surface area contributed by atoms with E-state index in [0.717, 1.165) is 16.6 Å². The molecule has 0 aromatic carbocycles. The summed E-state index contributed by atoms with van der Waals surface area (Å²) in [5, 5.41) is 11.3. The monoisotopic (exact) mass is 486 g/mol. The van der Waals surface area contributed by atoms with E-state index in [1.807, 2.05) is 17.8 Å². The van der Waals surface area contributed by atoms with Gasteiger partial charge in [-0.15, -0.1) is 0 Å². The Kier molecular flexibility index (Phi) is 6.79. The quantitative estimate of drug-likeness (QED) is 0.598. The molecule has 0 spiro atoms. The van der Waals surface area contributed by atoms with E-state index in [1.165, 1.54) is 10.5 Å². The van der Waals surface area contributed by atoms with E-state index in [2.05, 4.69) is 31.4 Å². The summed E-state index contributed by atoms with van der Waals surface area (Å²) in [5.41, 5.74) is 1.53. The maximum atomic E-state index is 13.0. The first kappa shape index (κ1) is 22.0.